The van der Waals surface area contributed by atoms with Crippen molar-refractivity contribution in [3.63, 3.8) is 0 Å². The summed E-state index contributed by atoms with van der Waals surface area (Å²) in [4.78, 5) is 24.0. The molecule has 0 aromatic carbocycles. The molecule has 0 radical (unpaired) electrons. The molecule has 0 spiro atoms. The number of aliphatic imine (C=N–C) groups is 1. The summed E-state index contributed by atoms with van der Waals surface area (Å²) in [7, 11) is 0. The second-order valence-corrected chi connectivity index (χ2v) is 2.34. The molecule has 48 valence electrons. The number of rotatable bonds is 0. The molecule has 0 saturated carbocycles. The Morgan fingerprint density at radius 2 is 2.11 bits per heavy atom. The van der Waals surface area contributed by atoms with E-state index in [0.29, 0.717) is 3.93 Å². The predicted molar refractivity (Wildman–Crippen MR) is 34.5 cm³/mol. The van der Waals surface area contributed by atoms with E-state index in [0.717, 1.165) is 0 Å². The van der Waals surface area contributed by atoms with E-state index in [1.54, 1.807) is 0 Å². The third-order valence-corrected chi connectivity index (χ3v) is 1.59. The van der Waals surface area contributed by atoms with Gasteiger partial charge in [-0.1, -0.05) is 11.6 Å². The van der Waals surface area contributed by atoms with Crippen molar-refractivity contribution in [3.8, 4) is 0 Å². The number of hydrogen-bond donors (Lipinski definition) is 0. The monoisotopic (exact) mass is 210 g/mol. The van der Waals surface area contributed by atoms with Crippen molar-refractivity contribution in [2.75, 3.05) is 0 Å². The summed E-state index contributed by atoms with van der Waals surface area (Å²) < 4.78 is 0.662. The molecule has 0 fully saturated rings. The summed E-state index contributed by atoms with van der Waals surface area (Å²) in [5, 5.41) is -0.308. The van der Waals surface area contributed by atoms with E-state index in [2.05, 4.69) is 21.1 Å². The Kier molecular flexibility index (Phi) is 1.54. The molecule has 6 heteroatoms. The highest BCUT2D eigenvalue weighted by atomic mass is 79.9. The molecule has 0 aromatic heterocycles. The van der Waals surface area contributed by atoms with Crippen molar-refractivity contribution in [3.05, 3.63) is 0 Å². The molecular formula is C3BrClN2O2. The highest BCUT2D eigenvalue weighted by Crippen LogP contribution is 2.12. The fourth-order valence-corrected chi connectivity index (χ4v) is 0.850. The first-order valence-electron chi connectivity index (χ1n) is 1.91. The lowest BCUT2D eigenvalue weighted by atomic mass is 10.7. The first-order valence-corrected chi connectivity index (χ1v) is 3.00. The molecule has 1 aliphatic rings. The minimum absolute atomic E-state index is 0.308. The maximum atomic E-state index is 10.5. The van der Waals surface area contributed by atoms with Crippen LogP contribution in [0.25, 0.3) is 0 Å². The molecular weight excluding hydrogens is 211 g/mol. The van der Waals surface area contributed by atoms with Crippen LogP contribution in [-0.4, -0.2) is 21.0 Å². The molecule has 0 N–H and O–H groups in total. The van der Waals surface area contributed by atoms with E-state index < -0.39 is 11.9 Å². The van der Waals surface area contributed by atoms with Gasteiger partial charge in [-0.15, -0.1) is 0 Å². The van der Waals surface area contributed by atoms with Gasteiger partial charge in [-0.05, 0) is 0 Å². The third-order valence-electron chi connectivity index (χ3n) is 0.717. The smallest absolute Gasteiger partial charge is 0.265 e. The Hall–Kier alpha value is -0.420. The fraction of sp³-hybridized carbons (Fsp3) is 0. The van der Waals surface area contributed by atoms with E-state index >= 15 is 0 Å². The molecule has 9 heavy (non-hydrogen) atoms. The van der Waals surface area contributed by atoms with Crippen molar-refractivity contribution in [2.45, 2.75) is 0 Å². The molecule has 1 aliphatic heterocycles. The maximum absolute atomic E-state index is 10.5. The predicted octanol–water partition coefficient (Wildman–Crippen LogP) is 0.896. The second-order valence-electron chi connectivity index (χ2n) is 1.27. The third kappa shape index (κ3) is 0.972. The van der Waals surface area contributed by atoms with Gasteiger partial charge in [0.05, 0.1) is 16.1 Å². The first-order chi connectivity index (χ1) is 4.13. The van der Waals surface area contributed by atoms with Crippen molar-refractivity contribution < 1.29 is 9.59 Å². The second kappa shape index (κ2) is 2.07. The SMILES string of the molecule is O=C1N=C(Cl)C(=O)N1Br. The van der Waals surface area contributed by atoms with Crippen LogP contribution in [0.4, 0.5) is 4.79 Å². The van der Waals surface area contributed by atoms with Crippen molar-refractivity contribution in [1.29, 1.82) is 0 Å². The number of nitrogens with zero attached hydrogens (tertiary/aromatic N) is 2. The van der Waals surface area contributed by atoms with Crippen LogP contribution >= 0.6 is 27.7 Å². The Bertz CT molecular complexity index is 214. The van der Waals surface area contributed by atoms with E-state index in [1.807, 2.05) is 0 Å². The van der Waals surface area contributed by atoms with Crippen LogP contribution in [0.15, 0.2) is 4.99 Å². The van der Waals surface area contributed by atoms with Crippen LogP contribution in [0.2, 0.25) is 0 Å². The number of amides is 3. The van der Waals surface area contributed by atoms with Crippen LogP contribution < -0.4 is 0 Å². The van der Waals surface area contributed by atoms with Crippen molar-refractivity contribution in [1.82, 2.24) is 3.93 Å². The van der Waals surface area contributed by atoms with Gasteiger partial charge in [-0.2, -0.15) is 8.92 Å². The Balaban J connectivity index is 2.95. The summed E-state index contributed by atoms with van der Waals surface area (Å²) in [6.07, 6.45) is 0. The highest BCUT2D eigenvalue weighted by Gasteiger charge is 2.29. The molecule has 0 aliphatic carbocycles. The van der Waals surface area contributed by atoms with E-state index in [1.165, 1.54) is 0 Å². The van der Waals surface area contributed by atoms with Crippen LogP contribution in [0, 0.1) is 0 Å². The summed E-state index contributed by atoms with van der Waals surface area (Å²) in [6.45, 7) is 0. The number of carbonyl (C=O) groups excluding carboxylic acids is 2. The van der Waals surface area contributed by atoms with Gasteiger partial charge in [0.2, 0.25) is 5.17 Å². The largest absolute Gasteiger partial charge is 0.362 e. The van der Waals surface area contributed by atoms with Gasteiger partial charge < -0.3 is 0 Å². The van der Waals surface area contributed by atoms with Gasteiger partial charge in [-0.25, -0.2) is 4.79 Å². The van der Waals surface area contributed by atoms with Crippen LogP contribution in [0.3, 0.4) is 0 Å². The summed E-state index contributed by atoms with van der Waals surface area (Å²) in [5.74, 6) is -0.623. The highest BCUT2D eigenvalue weighted by molar-refractivity contribution is 9.08. The van der Waals surface area contributed by atoms with Gasteiger partial charge in [-0.3, -0.25) is 4.79 Å². The summed E-state index contributed by atoms with van der Waals surface area (Å²) in [6, 6.07) is -0.690. The molecule has 0 bridgehead atoms. The molecule has 4 nitrogen and oxygen atoms in total. The zero-order valence-electron chi connectivity index (χ0n) is 3.97. The van der Waals surface area contributed by atoms with E-state index in [4.69, 9.17) is 11.6 Å². The van der Waals surface area contributed by atoms with Gasteiger partial charge in [0.15, 0.2) is 0 Å². The molecule has 3 amide bonds. The lowest BCUT2D eigenvalue weighted by molar-refractivity contribution is -0.116. The first kappa shape index (κ1) is 6.70. The number of urea groups is 1. The zero-order chi connectivity index (χ0) is 7.02. The summed E-state index contributed by atoms with van der Waals surface area (Å²) >= 11 is 7.80. The molecule has 1 rings (SSSR count). The topological polar surface area (TPSA) is 49.7 Å². The molecule has 0 aromatic rings. The van der Waals surface area contributed by atoms with Crippen molar-refractivity contribution >= 4 is 44.9 Å². The molecule has 0 atom stereocenters. The normalized spacial score (nSPS) is 18.9. The molecule has 1 heterocycles. The number of halogens is 2. The Morgan fingerprint density at radius 1 is 1.56 bits per heavy atom. The zero-order valence-corrected chi connectivity index (χ0v) is 6.31. The van der Waals surface area contributed by atoms with Crippen LogP contribution in [0.1, 0.15) is 0 Å². The minimum Gasteiger partial charge on any atom is -0.265 e. The number of carbonyl (C=O) groups is 2. The van der Waals surface area contributed by atoms with Gasteiger partial charge >= 0.3 is 11.9 Å². The van der Waals surface area contributed by atoms with Crippen molar-refractivity contribution in [2.24, 2.45) is 4.99 Å². The minimum atomic E-state index is -0.690. The fourth-order valence-electron chi connectivity index (χ4n) is 0.344. The summed E-state index contributed by atoms with van der Waals surface area (Å²) in [5.41, 5.74) is 0. The maximum Gasteiger partial charge on any atom is 0.362 e. The lowest BCUT2D eigenvalue weighted by Crippen LogP contribution is -2.20. The number of imide groups is 1. The Morgan fingerprint density at radius 3 is 2.22 bits per heavy atom. The average Bonchev–Trinajstić information content (AvgIpc) is 1.98. The standard InChI is InChI=1S/C3BrClN2O2/c4-7-2(8)1(5)6-3(7)9. The molecule has 0 saturated heterocycles. The Labute approximate surface area is 63.8 Å². The van der Waals surface area contributed by atoms with Gasteiger partial charge in [0.25, 0.3) is 0 Å². The van der Waals surface area contributed by atoms with Crippen LogP contribution in [-0.2, 0) is 4.79 Å². The van der Waals surface area contributed by atoms with Gasteiger partial charge in [0, 0.05) is 0 Å². The van der Waals surface area contributed by atoms with E-state index in [-0.39, 0.29) is 5.17 Å². The van der Waals surface area contributed by atoms with E-state index in [9.17, 15) is 9.59 Å². The van der Waals surface area contributed by atoms with Gasteiger partial charge in [0.1, 0.15) is 0 Å². The lowest BCUT2D eigenvalue weighted by Gasteiger charge is -1.95. The average molecular weight is 211 g/mol. The number of hydrogen-bond acceptors (Lipinski definition) is 2. The quantitative estimate of drug-likeness (QED) is 0.559. The van der Waals surface area contributed by atoms with Crippen LogP contribution in [0.5, 0.6) is 0 Å². The molecule has 0 unspecified atom stereocenters.